The molecule has 0 aliphatic carbocycles. The zero-order valence-corrected chi connectivity index (χ0v) is 26.7. The molecule has 46 heavy (non-hydrogen) atoms. The Morgan fingerprint density at radius 1 is 0.826 bits per heavy atom. The number of esters is 1. The molecule has 0 bridgehead atoms. The van der Waals surface area contributed by atoms with E-state index in [1.165, 1.54) is 31.4 Å². The van der Waals surface area contributed by atoms with Gasteiger partial charge in [-0.15, -0.1) is 0 Å². The third kappa shape index (κ3) is 7.47. The van der Waals surface area contributed by atoms with Crippen LogP contribution in [-0.2, 0) is 32.6 Å². The fourth-order valence-corrected chi connectivity index (χ4v) is 7.09. The van der Waals surface area contributed by atoms with Gasteiger partial charge >= 0.3 is 5.97 Å². The van der Waals surface area contributed by atoms with E-state index >= 15 is 0 Å². The molecule has 1 heterocycles. The first-order valence-corrected chi connectivity index (χ1v) is 16.6. The summed E-state index contributed by atoms with van der Waals surface area (Å²) in [7, 11) is -2.80. The lowest BCUT2D eigenvalue weighted by Crippen LogP contribution is -2.48. The fourth-order valence-electron chi connectivity index (χ4n) is 5.31. The number of ether oxygens (including phenoxy) is 2. The Morgan fingerprint density at radius 3 is 2.04 bits per heavy atom. The quantitative estimate of drug-likeness (QED) is 0.125. The van der Waals surface area contributed by atoms with Crippen molar-refractivity contribution in [3.8, 4) is 5.75 Å². The predicted molar refractivity (Wildman–Crippen MR) is 173 cm³/mol. The van der Waals surface area contributed by atoms with Gasteiger partial charge in [0.25, 0.3) is 11.8 Å². The number of carbonyl (C=O) groups excluding carboxylic acids is 3. The third-order valence-corrected chi connectivity index (χ3v) is 9.95. The van der Waals surface area contributed by atoms with E-state index in [0.29, 0.717) is 23.6 Å². The number of nitrogens with zero attached hydrogens (tertiary/aromatic N) is 2. The number of hydrogen-bond acceptors (Lipinski definition) is 7. The lowest BCUT2D eigenvalue weighted by Gasteiger charge is -2.30. The summed E-state index contributed by atoms with van der Waals surface area (Å²) in [5, 5.41) is 0.585. The van der Waals surface area contributed by atoms with Crippen molar-refractivity contribution in [3.05, 3.63) is 130 Å². The molecule has 1 aliphatic heterocycles. The highest BCUT2D eigenvalue weighted by Gasteiger charge is 2.40. The SMILES string of the molecule is COc1ccc(S(=O)(=O)N(CCCc2ccc(Cl)cc2)C(CCN2C(=O)c3ccccc3C2=O)C(=O)OCc2ccccc2)cc1. The first kappa shape index (κ1) is 32.9. The molecule has 0 fully saturated rings. The van der Waals surface area contributed by atoms with Crippen LogP contribution in [0.2, 0.25) is 5.02 Å². The van der Waals surface area contributed by atoms with Crippen LogP contribution in [0.25, 0.3) is 0 Å². The number of aryl methyl sites for hydroxylation is 1. The Balaban J connectivity index is 1.46. The Hall–Kier alpha value is -4.51. The van der Waals surface area contributed by atoms with E-state index < -0.39 is 33.8 Å². The molecule has 0 aromatic heterocycles. The minimum atomic E-state index is -4.27. The van der Waals surface area contributed by atoms with Gasteiger partial charge in [-0.2, -0.15) is 4.31 Å². The Bertz CT molecular complexity index is 1760. The van der Waals surface area contributed by atoms with Crippen LogP contribution >= 0.6 is 11.6 Å². The number of sulfonamides is 1. The van der Waals surface area contributed by atoms with Crippen molar-refractivity contribution in [2.75, 3.05) is 20.2 Å². The standard InChI is InChI=1S/C35H33ClN2O7S/c1-44-28-17-19-29(20-18-28)46(42,43)38(22-7-10-25-13-15-27(36)16-14-25)32(35(41)45-24-26-8-3-2-4-9-26)21-23-37-33(39)30-11-5-6-12-31(30)34(37)40/h2-6,8-9,11-20,32H,7,10,21-24H2,1H3. The zero-order chi connectivity index (χ0) is 32.7. The van der Waals surface area contributed by atoms with Gasteiger partial charge in [-0.3, -0.25) is 19.3 Å². The zero-order valence-electron chi connectivity index (χ0n) is 25.2. The summed E-state index contributed by atoms with van der Waals surface area (Å²) in [4.78, 5) is 41.1. The number of amides is 2. The number of methoxy groups -OCH3 is 1. The number of fused-ring (bicyclic) bond motifs is 1. The van der Waals surface area contributed by atoms with Gasteiger partial charge < -0.3 is 9.47 Å². The molecule has 1 atom stereocenters. The van der Waals surface area contributed by atoms with Crippen LogP contribution in [0.3, 0.4) is 0 Å². The van der Waals surface area contributed by atoms with Crippen molar-refractivity contribution >= 4 is 39.4 Å². The average molecular weight is 661 g/mol. The highest BCUT2D eigenvalue weighted by molar-refractivity contribution is 7.89. The molecule has 0 radical (unpaired) electrons. The van der Waals surface area contributed by atoms with E-state index in [2.05, 4.69) is 0 Å². The molecule has 11 heteroatoms. The van der Waals surface area contributed by atoms with Crippen LogP contribution in [-0.4, -0.2) is 61.6 Å². The van der Waals surface area contributed by atoms with Gasteiger partial charge in [-0.05, 0) is 78.9 Å². The maximum absolute atomic E-state index is 14.3. The van der Waals surface area contributed by atoms with Crippen LogP contribution in [0.15, 0.2) is 108 Å². The molecule has 238 valence electrons. The third-order valence-electron chi connectivity index (χ3n) is 7.77. The number of benzene rings is 4. The van der Waals surface area contributed by atoms with Crippen molar-refractivity contribution in [1.29, 1.82) is 0 Å². The summed E-state index contributed by atoms with van der Waals surface area (Å²) < 4.78 is 40.5. The summed E-state index contributed by atoms with van der Waals surface area (Å²) in [6.07, 6.45) is 0.706. The van der Waals surface area contributed by atoms with E-state index in [1.54, 1.807) is 60.7 Å². The highest BCUT2D eigenvalue weighted by Crippen LogP contribution is 2.27. The molecule has 9 nitrogen and oxygen atoms in total. The van der Waals surface area contributed by atoms with E-state index in [0.717, 1.165) is 20.3 Å². The van der Waals surface area contributed by atoms with Gasteiger partial charge in [0.2, 0.25) is 10.0 Å². The number of hydrogen-bond donors (Lipinski definition) is 0. The summed E-state index contributed by atoms with van der Waals surface area (Å²) in [5.74, 6) is -1.31. The molecule has 1 aliphatic rings. The van der Waals surface area contributed by atoms with Gasteiger partial charge in [-0.1, -0.05) is 66.2 Å². The average Bonchev–Trinajstić information content (AvgIpc) is 3.32. The van der Waals surface area contributed by atoms with Gasteiger partial charge in [0.1, 0.15) is 18.4 Å². The molecular weight excluding hydrogens is 628 g/mol. The van der Waals surface area contributed by atoms with E-state index in [9.17, 15) is 22.8 Å². The minimum Gasteiger partial charge on any atom is -0.497 e. The topological polar surface area (TPSA) is 110 Å². The van der Waals surface area contributed by atoms with Crippen molar-refractivity contribution in [3.63, 3.8) is 0 Å². The molecule has 0 N–H and O–H groups in total. The Morgan fingerprint density at radius 2 is 1.43 bits per heavy atom. The van der Waals surface area contributed by atoms with E-state index in [1.807, 2.05) is 18.2 Å². The highest BCUT2D eigenvalue weighted by atomic mass is 35.5. The van der Waals surface area contributed by atoms with Gasteiger partial charge in [0.15, 0.2) is 0 Å². The smallest absolute Gasteiger partial charge is 0.324 e. The van der Waals surface area contributed by atoms with Crippen molar-refractivity contribution in [1.82, 2.24) is 9.21 Å². The number of imide groups is 1. The van der Waals surface area contributed by atoms with Crippen molar-refractivity contribution in [2.45, 2.75) is 36.8 Å². The van der Waals surface area contributed by atoms with Gasteiger partial charge in [0, 0.05) is 18.1 Å². The first-order chi connectivity index (χ1) is 22.2. The van der Waals surface area contributed by atoms with Crippen molar-refractivity contribution in [2.24, 2.45) is 0 Å². The summed E-state index contributed by atoms with van der Waals surface area (Å²) in [6.45, 7) is -0.308. The predicted octanol–water partition coefficient (Wildman–Crippen LogP) is 5.77. The second kappa shape index (κ2) is 14.7. The molecular formula is C35H33ClN2O7S. The second-order valence-electron chi connectivity index (χ2n) is 10.7. The monoisotopic (exact) mass is 660 g/mol. The van der Waals surface area contributed by atoms with Crippen LogP contribution in [0.5, 0.6) is 5.75 Å². The van der Waals surface area contributed by atoms with Crippen LogP contribution < -0.4 is 4.74 Å². The maximum Gasteiger partial charge on any atom is 0.324 e. The van der Waals surface area contributed by atoms with Gasteiger partial charge in [-0.25, -0.2) is 8.42 Å². The lowest BCUT2D eigenvalue weighted by atomic mass is 10.1. The van der Waals surface area contributed by atoms with Crippen LogP contribution in [0.1, 0.15) is 44.7 Å². The summed E-state index contributed by atoms with van der Waals surface area (Å²) in [6, 6.07) is 27.3. The van der Waals surface area contributed by atoms with E-state index in [4.69, 9.17) is 21.1 Å². The first-order valence-electron chi connectivity index (χ1n) is 14.7. The van der Waals surface area contributed by atoms with Gasteiger partial charge in [0.05, 0.1) is 23.1 Å². The molecule has 2 amide bonds. The van der Waals surface area contributed by atoms with E-state index in [-0.39, 0.29) is 42.1 Å². The Labute approximate surface area is 273 Å². The number of halogens is 1. The second-order valence-corrected chi connectivity index (χ2v) is 13.1. The largest absolute Gasteiger partial charge is 0.497 e. The van der Waals surface area contributed by atoms with Crippen LogP contribution in [0.4, 0.5) is 0 Å². The molecule has 0 saturated heterocycles. The molecule has 1 unspecified atom stereocenters. The lowest BCUT2D eigenvalue weighted by molar-refractivity contribution is -0.150. The maximum atomic E-state index is 14.3. The Kier molecular flexibility index (Phi) is 10.5. The molecule has 5 rings (SSSR count). The minimum absolute atomic E-state index is 0.0375. The molecule has 0 saturated carbocycles. The summed E-state index contributed by atoms with van der Waals surface area (Å²) in [5.41, 5.74) is 2.20. The summed E-state index contributed by atoms with van der Waals surface area (Å²) >= 11 is 6.03. The molecule has 4 aromatic carbocycles. The normalized spacial score (nSPS) is 13.5. The van der Waals surface area contributed by atoms with Crippen molar-refractivity contribution < 1.29 is 32.3 Å². The number of carbonyl (C=O) groups is 3. The number of rotatable bonds is 14. The van der Waals surface area contributed by atoms with Crippen LogP contribution in [0, 0.1) is 0 Å². The molecule has 4 aromatic rings. The molecule has 0 spiro atoms. The fraction of sp³-hybridized carbons (Fsp3) is 0.229.